The quantitative estimate of drug-likeness (QED) is 0.740. The van der Waals surface area contributed by atoms with E-state index in [0.29, 0.717) is 26.5 Å². The number of amides is 1. The molecular weight excluding hydrogens is 381 g/mol. The third-order valence-electron chi connectivity index (χ3n) is 4.09. The molecule has 1 unspecified atom stereocenters. The molecule has 25 heavy (non-hydrogen) atoms. The van der Waals surface area contributed by atoms with Gasteiger partial charge in [0.1, 0.15) is 4.88 Å². The Morgan fingerprint density at radius 3 is 2.76 bits per heavy atom. The molecule has 0 aliphatic heterocycles. The van der Waals surface area contributed by atoms with Crippen LogP contribution in [0.3, 0.4) is 0 Å². The molecule has 0 saturated carbocycles. The van der Waals surface area contributed by atoms with Crippen molar-refractivity contribution in [1.29, 1.82) is 0 Å². The van der Waals surface area contributed by atoms with E-state index >= 15 is 0 Å². The van der Waals surface area contributed by atoms with Crippen molar-refractivity contribution in [3.63, 3.8) is 0 Å². The largest absolute Gasteiger partial charge is 0.451 e. The third-order valence-corrected chi connectivity index (χ3v) is 5.94. The summed E-state index contributed by atoms with van der Waals surface area (Å²) in [6.07, 6.45) is 3.13. The number of para-hydroxylation sites is 1. The molecule has 1 amide bonds. The van der Waals surface area contributed by atoms with Crippen LogP contribution >= 0.6 is 34.5 Å². The van der Waals surface area contributed by atoms with Crippen molar-refractivity contribution in [3.05, 3.63) is 49.6 Å². The lowest BCUT2D eigenvalue weighted by Gasteiger charge is -2.16. The number of thiophene rings is 1. The van der Waals surface area contributed by atoms with Gasteiger partial charge in [0.05, 0.1) is 15.7 Å². The van der Waals surface area contributed by atoms with Crippen molar-refractivity contribution in [3.8, 4) is 0 Å². The van der Waals surface area contributed by atoms with Gasteiger partial charge in [0.15, 0.2) is 6.61 Å². The van der Waals surface area contributed by atoms with E-state index in [2.05, 4.69) is 12.2 Å². The second-order valence-electron chi connectivity index (χ2n) is 6.13. The maximum absolute atomic E-state index is 12.2. The van der Waals surface area contributed by atoms with Gasteiger partial charge >= 0.3 is 5.97 Å². The summed E-state index contributed by atoms with van der Waals surface area (Å²) in [5, 5.41) is 3.22. The number of rotatable bonds is 4. The van der Waals surface area contributed by atoms with Gasteiger partial charge in [-0.15, -0.1) is 11.3 Å². The second kappa shape index (κ2) is 7.77. The van der Waals surface area contributed by atoms with E-state index in [1.165, 1.54) is 21.8 Å². The lowest BCUT2D eigenvalue weighted by molar-refractivity contribution is -0.119. The smallest absolute Gasteiger partial charge is 0.348 e. The molecule has 2 aromatic rings. The molecule has 3 rings (SSSR count). The summed E-state index contributed by atoms with van der Waals surface area (Å²) in [6, 6.07) is 6.80. The van der Waals surface area contributed by atoms with Crippen LogP contribution in [0, 0.1) is 5.92 Å². The fourth-order valence-corrected chi connectivity index (χ4v) is 4.40. The number of anilines is 1. The number of ether oxygens (including phenoxy) is 1. The van der Waals surface area contributed by atoms with Gasteiger partial charge in [-0.2, -0.15) is 0 Å². The van der Waals surface area contributed by atoms with Crippen LogP contribution in [0.15, 0.2) is 24.3 Å². The van der Waals surface area contributed by atoms with Gasteiger partial charge in [0.25, 0.3) is 5.91 Å². The first-order chi connectivity index (χ1) is 11.9. The first kappa shape index (κ1) is 18.2. The van der Waals surface area contributed by atoms with Crippen molar-refractivity contribution < 1.29 is 14.3 Å². The molecule has 0 fully saturated rings. The molecular formula is C18H17Cl2NO3S. The number of fused-ring (bicyclic) bond motifs is 1. The van der Waals surface area contributed by atoms with Crippen LogP contribution in [-0.2, 0) is 22.4 Å². The zero-order valence-corrected chi connectivity index (χ0v) is 15.9. The average Bonchev–Trinajstić information content (AvgIpc) is 2.99. The Hall–Kier alpha value is -1.56. The number of carbonyl (C=O) groups is 2. The zero-order valence-electron chi connectivity index (χ0n) is 13.6. The number of benzene rings is 1. The van der Waals surface area contributed by atoms with Gasteiger partial charge in [-0.25, -0.2) is 4.79 Å². The van der Waals surface area contributed by atoms with Gasteiger partial charge in [-0.3, -0.25) is 4.79 Å². The van der Waals surface area contributed by atoms with E-state index in [0.717, 1.165) is 19.3 Å². The van der Waals surface area contributed by atoms with E-state index in [-0.39, 0.29) is 6.61 Å². The molecule has 7 heteroatoms. The Morgan fingerprint density at radius 2 is 2.04 bits per heavy atom. The molecule has 1 aromatic heterocycles. The maximum Gasteiger partial charge on any atom is 0.348 e. The number of nitrogens with one attached hydrogen (secondary N) is 1. The fraction of sp³-hybridized carbons (Fsp3) is 0.333. The first-order valence-electron chi connectivity index (χ1n) is 7.96. The molecule has 1 aliphatic carbocycles. The second-order valence-corrected chi connectivity index (χ2v) is 8.08. The molecule has 1 N–H and O–H groups in total. The van der Waals surface area contributed by atoms with Crippen LogP contribution in [0.1, 0.15) is 33.5 Å². The van der Waals surface area contributed by atoms with E-state index in [9.17, 15) is 9.59 Å². The molecule has 1 aliphatic rings. The molecule has 1 atom stereocenters. The van der Waals surface area contributed by atoms with Gasteiger partial charge in [0, 0.05) is 4.88 Å². The number of esters is 1. The first-order valence-corrected chi connectivity index (χ1v) is 9.54. The Morgan fingerprint density at radius 1 is 1.32 bits per heavy atom. The maximum atomic E-state index is 12.2. The normalized spacial score (nSPS) is 16.2. The Labute approximate surface area is 160 Å². The lowest BCUT2D eigenvalue weighted by Crippen LogP contribution is -2.21. The molecule has 1 heterocycles. The summed E-state index contributed by atoms with van der Waals surface area (Å²) in [5.41, 5.74) is 1.54. The van der Waals surface area contributed by atoms with E-state index in [1.54, 1.807) is 18.2 Å². The summed E-state index contributed by atoms with van der Waals surface area (Å²) in [6.45, 7) is 1.82. The highest BCUT2D eigenvalue weighted by Gasteiger charge is 2.22. The predicted molar refractivity (Wildman–Crippen MR) is 101 cm³/mol. The van der Waals surface area contributed by atoms with Crippen LogP contribution in [0.25, 0.3) is 0 Å². The predicted octanol–water partition coefficient (Wildman–Crippen LogP) is 4.98. The van der Waals surface area contributed by atoms with Crippen LogP contribution < -0.4 is 5.32 Å². The van der Waals surface area contributed by atoms with Crippen LogP contribution in [-0.4, -0.2) is 18.5 Å². The number of aryl methyl sites for hydroxylation is 1. The van der Waals surface area contributed by atoms with Crippen molar-refractivity contribution in [2.75, 3.05) is 11.9 Å². The Kier molecular flexibility index (Phi) is 5.67. The molecule has 0 radical (unpaired) electrons. The molecule has 0 bridgehead atoms. The van der Waals surface area contributed by atoms with Gasteiger partial charge in [0.2, 0.25) is 0 Å². The van der Waals surface area contributed by atoms with E-state index in [4.69, 9.17) is 27.9 Å². The molecule has 132 valence electrons. The van der Waals surface area contributed by atoms with Crippen LogP contribution in [0.5, 0.6) is 0 Å². The minimum absolute atomic E-state index is 0.312. The highest BCUT2D eigenvalue weighted by atomic mass is 35.5. The lowest BCUT2D eigenvalue weighted by atomic mass is 9.90. The number of hydrogen-bond donors (Lipinski definition) is 1. The molecule has 0 saturated heterocycles. The van der Waals surface area contributed by atoms with Gasteiger partial charge in [-0.05, 0) is 48.9 Å². The molecule has 4 nitrogen and oxygen atoms in total. The molecule has 1 aromatic carbocycles. The SMILES string of the molecule is CC1CCc2sc(C(=O)OCC(=O)Nc3c(Cl)cccc3Cl)cc2C1. The zero-order chi connectivity index (χ0) is 18.0. The van der Waals surface area contributed by atoms with E-state index < -0.39 is 11.9 Å². The summed E-state index contributed by atoms with van der Waals surface area (Å²) in [7, 11) is 0. The Balaban J connectivity index is 1.58. The summed E-state index contributed by atoms with van der Waals surface area (Å²) >= 11 is 13.5. The topological polar surface area (TPSA) is 55.4 Å². The minimum atomic E-state index is -0.488. The van der Waals surface area contributed by atoms with Crippen molar-refractivity contribution in [2.45, 2.75) is 26.2 Å². The van der Waals surface area contributed by atoms with Crippen LogP contribution in [0.4, 0.5) is 5.69 Å². The van der Waals surface area contributed by atoms with Crippen molar-refractivity contribution in [1.82, 2.24) is 0 Å². The monoisotopic (exact) mass is 397 g/mol. The minimum Gasteiger partial charge on any atom is -0.451 e. The average molecular weight is 398 g/mol. The van der Waals surface area contributed by atoms with Crippen LogP contribution in [0.2, 0.25) is 10.0 Å². The van der Waals surface area contributed by atoms with Gasteiger partial charge < -0.3 is 10.1 Å². The summed E-state index contributed by atoms with van der Waals surface area (Å²) < 4.78 is 5.12. The Bertz CT molecular complexity index is 798. The highest BCUT2D eigenvalue weighted by Crippen LogP contribution is 2.32. The number of halogens is 2. The number of carbonyl (C=O) groups excluding carboxylic acids is 2. The third kappa shape index (κ3) is 4.35. The highest BCUT2D eigenvalue weighted by molar-refractivity contribution is 7.14. The summed E-state index contributed by atoms with van der Waals surface area (Å²) in [5.74, 6) is -0.331. The standard InChI is InChI=1S/C18H17Cl2NO3S/c1-10-5-6-14-11(7-10)8-15(25-14)18(23)24-9-16(22)21-17-12(19)3-2-4-13(17)20/h2-4,8,10H,5-7,9H2,1H3,(H,21,22). The fourth-order valence-electron chi connectivity index (χ4n) is 2.80. The van der Waals surface area contributed by atoms with Crippen molar-refractivity contribution >= 4 is 52.1 Å². The summed E-state index contributed by atoms with van der Waals surface area (Å²) in [4.78, 5) is 26.0. The number of hydrogen-bond acceptors (Lipinski definition) is 4. The van der Waals surface area contributed by atoms with Crippen molar-refractivity contribution in [2.24, 2.45) is 5.92 Å². The van der Waals surface area contributed by atoms with Gasteiger partial charge in [-0.1, -0.05) is 36.2 Å². The molecule has 0 spiro atoms. The van der Waals surface area contributed by atoms with E-state index in [1.807, 2.05) is 6.07 Å².